The Morgan fingerprint density at radius 1 is 0.692 bits per heavy atom. The summed E-state index contributed by atoms with van der Waals surface area (Å²) in [5, 5.41) is 13.2. The molecule has 0 saturated carbocycles. The lowest BCUT2D eigenvalue weighted by Crippen LogP contribution is -2.33. The van der Waals surface area contributed by atoms with Gasteiger partial charge in [-0.05, 0) is 59.7 Å². The van der Waals surface area contributed by atoms with Gasteiger partial charge in [0.1, 0.15) is 5.60 Å². The highest BCUT2D eigenvalue weighted by Crippen LogP contribution is 2.33. The fraction of sp³-hybridized carbons (Fsp3) is 0.100. The summed E-state index contributed by atoms with van der Waals surface area (Å²) in [6.07, 6.45) is 0. The van der Waals surface area contributed by atoms with Crippen LogP contribution < -0.4 is 0 Å². The first-order valence-electron chi connectivity index (χ1n) is 7.77. The van der Waals surface area contributed by atoms with Crippen LogP contribution in [0.1, 0.15) is 11.1 Å². The molecule has 0 radical (unpaired) electrons. The molecule has 0 spiro atoms. The van der Waals surface area contributed by atoms with E-state index in [0.29, 0.717) is 31.1 Å². The van der Waals surface area contributed by atoms with E-state index < -0.39 is 16.4 Å². The quantitative estimate of drug-likeness (QED) is 0.570. The van der Waals surface area contributed by atoms with Crippen LogP contribution in [-0.4, -0.2) is 15.1 Å². The molecular weight excluding hydrogens is 411 g/mol. The Bertz CT molecular complexity index is 862. The normalized spacial score (nSPS) is 12.8. The van der Waals surface area contributed by atoms with E-state index >= 15 is 0 Å². The second-order valence-electron chi connectivity index (χ2n) is 5.82. The summed E-state index contributed by atoms with van der Waals surface area (Å²) in [4.78, 5) is 0.593. The fourth-order valence-electron chi connectivity index (χ4n) is 2.64. The molecule has 0 aliphatic heterocycles. The van der Waals surface area contributed by atoms with E-state index in [2.05, 4.69) is 0 Å². The molecule has 26 heavy (non-hydrogen) atoms. The summed E-state index contributed by atoms with van der Waals surface area (Å²) in [7, 11) is -1.45. The maximum Gasteiger partial charge on any atom is 0.126 e. The lowest BCUT2D eigenvalue weighted by Gasteiger charge is -2.29. The molecule has 0 amide bonds. The van der Waals surface area contributed by atoms with Crippen molar-refractivity contribution in [3.05, 3.63) is 99.0 Å². The van der Waals surface area contributed by atoms with Gasteiger partial charge in [-0.3, -0.25) is 4.21 Å². The van der Waals surface area contributed by atoms with Crippen LogP contribution in [0.25, 0.3) is 0 Å². The van der Waals surface area contributed by atoms with E-state index in [1.54, 1.807) is 72.8 Å². The zero-order valence-electron chi connectivity index (χ0n) is 13.5. The van der Waals surface area contributed by atoms with Crippen molar-refractivity contribution in [2.45, 2.75) is 10.5 Å². The van der Waals surface area contributed by atoms with Gasteiger partial charge in [0, 0.05) is 20.0 Å². The van der Waals surface area contributed by atoms with Gasteiger partial charge in [0.15, 0.2) is 0 Å². The standard InChI is InChI=1S/C20H15Cl3O2S/c21-16-5-1-14(2-6-16)20(24,15-3-7-17(22)8-4-15)13-26(25)19-11-9-18(23)10-12-19/h1-12,24H,13H2. The summed E-state index contributed by atoms with van der Waals surface area (Å²) >= 11 is 17.8. The van der Waals surface area contributed by atoms with Crippen LogP contribution in [0.3, 0.4) is 0 Å². The molecule has 0 heterocycles. The van der Waals surface area contributed by atoms with E-state index in [0.717, 1.165) is 0 Å². The van der Waals surface area contributed by atoms with E-state index in [-0.39, 0.29) is 5.75 Å². The molecule has 0 aromatic heterocycles. The number of rotatable bonds is 5. The summed E-state index contributed by atoms with van der Waals surface area (Å²) in [6, 6.07) is 20.5. The highest BCUT2D eigenvalue weighted by molar-refractivity contribution is 7.85. The SMILES string of the molecule is O=S(CC(O)(c1ccc(Cl)cc1)c1ccc(Cl)cc1)c1ccc(Cl)cc1. The molecule has 1 atom stereocenters. The van der Waals surface area contributed by atoms with Crippen LogP contribution in [0.2, 0.25) is 15.1 Å². The molecule has 0 aliphatic carbocycles. The second kappa shape index (κ2) is 8.12. The molecule has 6 heteroatoms. The Labute approximate surface area is 169 Å². The molecule has 134 valence electrons. The van der Waals surface area contributed by atoms with Crippen LogP contribution >= 0.6 is 34.8 Å². The topological polar surface area (TPSA) is 37.3 Å². The number of hydrogen-bond donors (Lipinski definition) is 1. The van der Waals surface area contributed by atoms with Gasteiger partial charge in [-0.25, -0.2) is 0 Å². The van der Waals surface area contributed by atoms with Crippen molar-refractivity contribution >= 4 is 45.6 Å². The lowest BCUT2D eigenvalue weighted by molar-refractivity contribution is 0.106. The van der Waals surface area contributed by atoms with Crippen molar-refractivity contribution in [2.24, 2.45) is 0 Å². The molecule has 3 aromatic rings. The third kappa shape index (κ3) is 4.30. The highest BCUT2D eigenvalue weighted by atomic mass is 35.5. The predicted octanol–water partition coefficient (Wildman–Crippen LogP) is 5.69. The Morgan fingerprint density at radius 2 is 1.04 bits per heavy atom. The molecule has 1 unspecified atom stereocenters. The summed E-state index contributed by atoms with van der Waals surface area (Å²) in [5.74, 6) is -0.0160. The minimum Gasteiger partial charge on any atom is -0.379 e. The number of halogens is 3. The van der Waals surface area contributed by atoms with Gasteiger partial charge in [-0.15, -0.1) is 0 Å². The summed E-state index contributed by atoms with van der Waals surface area (Å²) in [6.45, 7) is 0. The highest BCUT2D eigenvalue weighted by Gasteiger charge is 2.34. The summed E-state index contributed by atoms with van der Waals surface area (Å²) in [5.41, 5.74) is -0.252. The van der Waals surface area contributed by atoms with Crippen LogP contribution in [0.5, 0.6) is 0 Å². The van der Waals surface area contributed by atoms with Crippen LogP contribution in [0.4, 0.5) is 0 Å². The molecule has 0 aliphatic rings. The Hall–Kier alpha value is -1.36. The minimum atomic E-state index is -1.46. The Kier molecular flexibility index (Phi) is 6.06. The lowest BCUT2D eigenvalue weighted by atomic mass is 9.88. The Morgan fingerprint density at radius 3 is 1.42 bits per heavy atom. The van der Waals surface area contributed by atoms with Crippen molar-refractivity contribution in [2.75, 3.05) is 5.75 Å². The zero-order chi connectivity index (χ0) is 18.7. The van der Waals surface area contributed by atoms with Crippen molar-refractivity contribution in [1.29, 1.82) is 0 Å². The smallest absolute Gasteiger partial charge is 0.126 e. The monoisotopic (exact) mass is 424 g/mol. The van der Waals surface area contributed by atoms with E-state index in [1.165, 1.54) is 0 Å². The third-order valence-corrected chi connectivity index (χ3v) is 6.29. The van der Waals surface area contributed by atoms with Crippen molar-refractivity contribution < 1.29 is 9.32 Å². The predicted molar refractivity (Wildman–Crippen MR) is 109 cm³/mol. The van der Waals surface area contributed by atoms with Gasteiger partial charge in [-0.1, -0.05) is 59.1 Å². The van der Waals surface area contributed by atoms with Gasteiger partial charge in [0.05, 0.1) is 16.6 Å². The van der Waals surface area contributed by atoms with Crippen molar-refractivity contribution in [1.82, 2.24) is 0 Å². The van der Waals surface area contributed by atoms with Crippen molar-refractivity contribution in [3.8, 4) is 0 Å². The number of benzene rings is 3. The second-order valence-corrected chi connectivity index (χ2v) is 8.58. The first-order valence-corrected chi connectivity index (χ1v) is 10.2. The molecular formula is C20H15Cl3O2S. The third-order valence-electron chi connectivity index (χ3n) is 4.06. The fourth-order valence-corrected chi connectivity index (χ4v) is 4.34. The molecule has 0 fully saturated rings. The van der Waals surface area contributed by atoms with Gasteiger partial charge in [-0.2, -0.15) is 0 Å². The molecule has 0 saturated heterocycles. The van der Waals surface area contributed by atoms with Gasteiger partial charge in [0.2, 0.25) is 0 Å². The van der Waals surface area contributed by atoms with Crippen molar-refractivity contribution in [3.63, 3.8) is 0 Å². The number of aliphatic hydroxyl groups is 1. The summed E-state index contributed by atoms with van der Waals surface area (Å²) < 4.78 is 12.9. The van der Waals surface area contributed by atoms with Crippen LogP contribution in [-0.2, 0) is 16.4 Å². The Balaban J connectivity index is 2.02. The first kappa shape index (κ1) is 19.4. The van der Waals surface area contributed by atoms with Gasteiger partial charge < -0.3 is 5.11 Å². The molecule has 1 N–H and O–H groups in total. The van der Waals surface area contributed by atoms with Crippen LogP contribution in [0, 0.1) is 0 Å². The van der Waals surface area contributed by atoms with Gasteiger partial charge >= 0.3 is 0 Å². The first-order chi connectivity index (χ1) is 12.4. The average molecular weight is 426 g/mol. The van der Waals surface area contributed by atoms with Gasteiger partial charge in [0.25, 0.3) is 0 Å². The molecule has 3 aromatic carbocycles. The molecule has 3 rings (SSSR count). The molecule has 0 bridgehead atoms. The molecule has 2 nitrogen and oxygen atoms in total. The van der Waals surface area contributed by atoms with Crippen LogP contribution in [0.15, 0.2) is 77.7 Å². The minimum absolute atomic E-state index is 0.0160. The van der Waals surface area contributed by atoms with E-state index in [1.807, 2.05) is 0 Å². The maximum absolute atomic E-state index is 12.9. The average Bonchev–Trinajstić information content (AvgIpc) is 2.63. The van der Waals surface area contributed by atoms with E-state index in [9.17, 15) is 9.32 Å². The van der Waals surface area contributed by atoms with E-state index in [4.69, 9.17) is 34.8 Å². The number of hydrogen-bond acceptors (Lipinski definition) is 2. The zero-order valence-corrected chi connectivity index (χ0v) is 16.6. The maximum atomic E-state index is 12.9. The largest absolute Gasteiger partial charge is 0.379 e.